The van der Waals surface area contributed by atoms with Gasteiger partial charge in [-0.15, -0.1) is 0 Å². The van der Waals surface area contributed by atoms with E-state index in [4.69, 9.17) is 4.74 Å². The van der Waals surface area contributed by atoms with Crippen molar-refractivity contribution in [3.63, 3.8) is 0 Å². The summed E-state index contributed by atoms with van der Waals surface area (Å²) in [5, 5.41) is 2.94. The highest BCUT2D eigenvalue weighted by Gasteiger charge is 2.26. The lowest BCUT2D eigenvalue weighted by Crippen LogP contribution is -2.31. The minimum absolute atomic E-state index is 0.246. The maximum absolute atomic E-state index is 13.4. The van der Waals surface area contributed by atoms with E-state index in [0.717, 1.165) is 0 Å². The number of amides is 1. The minimum atomic E-state index is -0.600. The molecule has 0 radical (unpaired) electrons. The first-order valence-electron chi connectivity index (χ1n) is 9.23. The molecule has 0 spiro atoms. The number of nitrogens with one attached hydrogen (secondary N) is 2. The molecule has 1 aromatic carbocycles. The highest BCUT2D eigenvalue weighted by Crippen LogP contribution is 2.24. The number of nitrogens with zero attached hydrogens (tertiary/aromatic N) is 2. The zero-order valence-electron chi connectivity index (χ0n) is 16.7. The molecule has 7 nitrogen and oxygen atoms in total. The van der Waals surface area contributed by atoms with Crippen molar-refractivity contribution in [1.29, 1.82) is 0 Å². The van der Waals surface area contributed by atoms with Crippen molar-refractivity contribution >= 4 is 11.9 Å². The van der Waals surface area contributed by atoms with Gasteiger partial charge in [0.15, 0.2) is 0 Å². The number of H-pyrrole nitrogens is 1. The van der Waals surface area contributed by atoms with Gasteiger partial charge in [0.25, 0.3) is 5.91 Å². The van der Waals surface area contributed by atoms with E-state index in [1.54, 1.807) is 49.9 Å². The maximum atomic E-state index is 13.4. The number of carbonyl (C=O) groups excluding carboxylic acids is 2. The summed E-state index contributed by atoms with van der Waals surface area (Å²) >= 11 is 0. The number of ether oxygens (including phenoxy) is 1. The van der Waals surface area contributed by atoms with E-state index in [9.17, 15) is 14.0 Å². The average Bonchev–Trinajstić information content (AvgIpc) is 3.23. The van der Waals surface area contributed by atoms with Gasteiger partial charge >= 0.3 is 5.97 Å². The summed E-state index contributed by atoms with van der Waals surface area (Å²) in [5.74, 6) is -0.652. The molecule has 2 aromatic heterocycles. The Bertz CT molecular complexity index is 1040. The van der Waals surface area contributed by atoms with Gasteiger partial charge in [-0.3, -0.25) is 4.79 Å². The molecule has 152 valence electrons. The van der Waals surface area contributed by atoms with E-state index in [2.05, 4.69) is 15.3 Å². The Balaban J connectivity index is 1.96. The second kappa shape index (κ2) is 8.30. The molecule has 1 amide bonds. The Morgan fingerprint density at radius 1 is 1.28 bits per heavy atom. The van der Waals surface area contributed by atoms with E-state index >= 15 is 0 Å². The Hall–Kier alpha value is -3.42. The molecule has 2 heterocycles. The number of rotatable bonds is 6. The molecule has 2 N–H and O–H groups in total. The van der Waals surface area contributed by atoms with Crippen LogP contribution in [-0.4, -0.2) is 33.0 Å². The average molecular weight is 398 g/mol. The monoisotopic (exact) mass is 398 g/mol. The predicted octanol–water partition coefficient (Wildman–Crippen LogP) is 3.20. The van der Waals surface area contributed by atoms with Crippen LogP contribution in [0.15, 0.2) is 36.7 Å². The normalized spacial score (nSPS) is 11.9. The SMILES string of the molecule is CCOC(=O)c1c(C)[nH]c(C(=O)N[C@@H](c2ccc(F)cc2)c2nccn2C)c1C. The van der Waals surface area contributed by atoms with Crippen LogP contribution in [0, 0.1) is 19.7 Å². The summed E-state index contributed by atoms with van der Waals surface area (Å²) < 4.78 is 20.2. The van der Waals surface area contributed by atoms with Gasteiger partial charge in [-0.05, 0) is 44.0 Å². The molecule has 0 unspecified atom stereocenters. The summed E-state index contributed by atoms with van der Waals surface area (Å²) in [6, 6.07) is 5.27. The molecule has 0 fully saturated rings. The zero-order valence-corrected chi connectivity index (χ0v) is 16.7. The quantitative estimate of drug-likeness (QED) is 0.624. The first-order chi connectivity index (χ1) is 13.8. The highest BCUT2D eigenvalue weighted by atomic mass is 19.1. The van der Waals surface area contributed by atoms with Crippen LogP contribution < -0.4 is 5.32 Å². The number of hydrogen-bond donors (Lipinski definition) is 2. The topological polar surface area (TPSA) is 89.0 Å². The first-order valence-corrected chi connectivity index (χ1v) is 9.23. The lowest BCUT2D eigenvalue weighted by Gasteiger charge is -2.19. The number of imidazole rings is 1. The van der Waals surface area contributed by atoms with E-state index < -0.39 is 17.9 Å². The molecule has 3 aromatic rings. The van der Waals surface area contributed by atoms with E-state index in [1.165, 1.54) is 12.1 Å². The van der Waals surface area contributed by atoms with Gasteiger partial charge in [0.2, 0.25) is 0 Å². The molecule has 1 atom stereocenters. The largest absolute Gasteiger partial charge is 0.462 e. The second-order valence-corrected chi connectivity index (χ2v) is 6.70. The third-order valence-electron chi connectivity index (χ3n) is 4.74. The number of carbonyl (C=O) groups is 2. The molecule has 0 aliphatic carbocycles. The number of hydrogen-bond acceptors (Lipinski definition) is 4. The van der Waals surface area contributed by atoms with Gasteiger partial charge in [0, 0.05) is 25.1 Å². The fraction of sp³-hybridized carbons (Fsp3) is 0.286. The molecule has 8 heteroatoms. The fourth-order valence-corrected chi connectivity index (χ4v) is 3.30. The van der Waals surface area contributed by atoms with E-state index in [1.807, 2.05) is 7.05 Å². The first kappa shape index (κ1) is 20.3. The Labute approximate surface area is 167 Å². The van der Waals surface area contributed by atoms with E-state index in [0.29, 0.717) is 28.2 Å². The van der Waals surface area contributed by atoms with Crippen molar-refractivity contribution in [2.75, 3.05) is 6.61 Å². The van der Waals surface area contributed by atoms with Crippen molar-refractivity contribution in [2.24, 2.45) is 7.05 Å². The van der Waals surface area contributed by atoms with Crippen LogP contribution in [-0.2, 0) is 11.8 Å². The smallest absolute Gasteiger partial charge is 0.340 e. The van der Waals surface area contributed by atoms with Crippen LogP contribution in [0.3, 0.4) is 0 Å². The minimum Gasteiger partial charge on any atom is -0.462 e. The Morgan fingerprint density at radius 3 is 2.55 bits per heavy atom. The molecule has 0 aliphatic heterocycles. The van der Waals surface area contributed by atoms with E-state index in [-0.39, 0.29) is 18.1 Å². The van der Waals surface area contributed by atoms with Crippen LogP contribution >= 0.6 is 0 Å². The van der Waals surface area contributed by atoms with Crippen LogP contribution in [0.5, 0.6) is 0 Å². The third-order valence-corrected chi connectivity index (χ3v) is 4.74. The summed E-state index contributed by atoms with van der Waals surface area (Å²) in [5.41, 5.74) is 2.37. The number of aromatic nitrogens is 3. The van der Waals surface area contributed by atoms with Gasteiger partial charge < -0.3 is 19.6 Å². The lowest BCUT2D eigenvalue weighted by atomic mass is 10.0. The molecular weight excluding hydrogens is 375 g/mol. The van der Waals surface area contributed by atoms with Crippen LogP contribution in [0.4, 0.5) is 4.39 Å². The van der Waals surface area contributed by atoms with Crippen LogP contribution in [0.2, 0.25) is 0 Å². The number of halogens is 1. The number of esters is 1. The third kappa shape index (κ3) is 4.06. The fourth-order valence-electron chi connectivity index (χ4n) is 3.30. The van der Waals surface area contributed by atoms with Crippen molar-refractivity contribution in [2.45, 2.75) is 26.8 Å². The second-order valence-electron chi connectivity index (χ2n) is 6.70. The lowest BCUT2D eigenvalue weighted by molar-refractivity contribution is 0.0525. The van der Waals surface area contributed by atoms with Crippen LogP contribution in [0.1, 0.15) is 56.5 Å². The number of aryl methyl sites for hydroxylation is 2. The summed E-state index contributed by atoms with van der Waals surface area (Å²) in [6.07, 6.45) is 3.39. The van der Waals surface area contributed by atoms with Crippen molar-refractivity contribution < 1.29 is 18.7 Å². The Kier molecular flexibility index (Phi) is 5.81. The van der Waals surface area contributed by atoms with Crippen molar-refractivity contribution in [1.82, 2.24) is 19.9 Å². The number of aromatic amines is 1. The number of benzene rings is 1. The molecule has 0 saturated carbocycles. The van der Waals surface area contributed by atoms with Gasteiger partial charge in [-0.2, -0.15) is 0 Å². The molecule has 3 rings (SSSR count). The molecule has 0 bridgehead atoms. The highest BCUT2D eigenvalue weighted by molar-refractivity contribution is 6.00. The van der Waals surface area contributed by atoms with Crippen LogP contribution in [0.25, 0.3) is 0 Å². The molecule has 0 saturated heterocycles. The Morgan fingerprint density at radius 2 is 1.97 bits per heavy atom. The summed E-state index contributed by atoms with van der Waals surface area (Å²) in [7, 11) is 1.81. The van der Waals surface area contributed by atoms with Crippen molar-refractivity contribution in [3.05, 3.63) is 76.4 Å². The van der Waals surface area contributed by atoms with Gasteiger partial charge in [0.05, 0.1) is 12.2 Å². The van der Waals surface area contributed by atoms with Gasteiger partial charge in [-0.25, -0.2) is 14.2 Å². The molecular formula is C21H23FN4O3. The molecule has 0 aliphatic rings. The summed E-state index contributed by atoms with van der Waals surface area (Å²) in [4.78, 5) is 32.6. The molecule has 29 heavy (non-hydrogen) atoms. The predicted molar refractivity (Wildman–Crippen MR) is 105 cm³/mol. The standard InChI is InChI=1S/C21H23FN4O3/c1-5-29-21(28)16-12(2)17(24-13(16)3)20(27)25-18(19-23-10-11-26(19)4)14-6-8-15(22)9-7-14/h6-11,18,24H,5H2,1-4H3,(H,25,27)/t18-/m0/s1. The zero-order chi connectivity index (χ0) is 21.1. The summed E-state index contributed by atoms with van der Waals surface area (Å²) in [6.45, 7) is 5.38. The van der Waals surface area contributed by atoms with Gasteiger partial charge in [0.1, 0.15) is 23.4 Å². The van der Waals surface area contributed by atoms with Gasteiger partial charge in [-0.1, -0.05) is 12.1 Å². The van der Waals surface area contributed by atoms with Crippen molar-refractivity contribution in [3.8, 4) is 0 Å². The maximum Gasteiger partial charge on any atom is 0.340 e.